The summed E-state index contributed by atoms with van der Waals surface area (Å²) in [6.45, 7) is 2.15. The van der Waals surface area contributed by atoms with E-state index in [4.69, 9.17) is 4.74 Å². The molecular formula is C27H32N2O5. The third kappa shape index (κ3) is 5.41. The number of nitrogens with one attached hydrogen (secondary N) is 2. The van der Waals surface area contributed by atoms with E-state index in [2.05, 4.69) is 34.9 Å². The first kappa shape index (κ1) is 23.8. The standard InChI is InChI=1S/C27H32N2O5/c1-17(8-6-15-25(30)29-24-14-7-13-22(24)26(31)32)28-27(33)34-16-23-20-11-4-2-9-18(20)19-10-3-5-12-21(19)23/h2-5,9-12,17,22-24H,6-8,13-16H2,1H3,(H,28,33)(H,29,30)(H,31,32)/t17?,22-,24+/m1/s1. The number of rotatable bonds is 9. The quantitative estimate of drug-likeness (QED) is 0.508. The highest BCUT2D eigenvalue weighted by atomic mass is 16.5. The number of fused-ring (bicyclic) bond motifs is 3. The van der Waals surface area contributed by atoms with Gasteiger partial charge in [-0.2, -0.15) is 0 Å². The Hall–Kier alpha value is -3.35. The van der Waals surface area contributed by atoms with Gasteiger partial charge in [0.05, 0.1) is 5.92 Å². The zero-order valence-electron chi connectivity index (χ0n) is 19.5. The van der Waals surface area contributed by atoms with E-state index in [0.29, 0.717) is 32.1 Å². The molecule has 7 nitrogen and oxygen atoms in total. The van der Waals surface area contributed by atoms with Gasteiger partial charge in [0.15, 0.2) is 0 Å². The minimum atomic E-state index is -0.844. The zero-order chi connectivity index (χ0) is 24.1. The van der Waals surface area contributed by atoms with Gasteiger partial charge in [-0.3, -0.25) is 9.59 Å². The summed E-state index contributed by atoms with van der Waals surface area (Å²) in [6, 6.07) is 16.0. The second-order valence-electron chi connectivity index (χ2n) is 9.31. The minimum Gasteiger partial charge on any atom is -0.481 e. The molecule has 3 atom stereocenters. The third-order valence-corrected chi connectivity index (χ3v) is 6.93. The summed E-state index contributed by atoms with van der Waals surface area (Å²) in [5.74, 6) is -1.45. The van der Waals surface area contributed by atoms with E-state index in [9.17, 15) is 19.5 Å². The monoisotopic (exact) mass is 464 g/mol. The normalized spacial score (nSPS) is 19.7. The van der Waals surface area contributed by atoms with Crippen LogP contribution in [0, 0.1) is 5.92 Å². The van der Waals surface area contributed by atoms with E-state index >= 15 is 0 Å². The van der Waals surface area contributed by atoms with Crippen molar-refractivity contribution in [3.8, 4) is 11.1 Å². The highest BCUT2D eigenvalue weighted by Crippen LogP contribution is 2.44. The Kier molecular flexibility index (Phi) is 7.50. The van der Waals surface area contributed by atoms with Gasteiger partial charge in [-0.1, -0.05) is 55.0 Å². The van der Waals surface area contributed by atoms with Crippen LogP contribution >= 0.6 is 0 Å². The number of benzene rings is 2. The molecule has 0 bridgehead atoms. The molecule has 0 aromatic heterocycles. The molecule has 2 aromatic carbocycles. The molecule has 0 radical (unpaired) electrons. The number of carboxylic acid groups (broad SMARTS) is 1. The van der Waals surface area contributed by atoms with Gasteiger partial charge in [0.2, 0.25) is 5.91 Å². The van der Waals surface area contributed by atoms with Crippen LogP contribution in [0.4, 0.5) is 4.79 Å². The summed E-state index contributed by atoms with van der Waals surface area (Å²) in [4.78, 5) is 35.9. The van der Waals surface area contributed by atoms with Crippen molar-refractivity contribution in [3.05, 3.63) is 59.7 Å². The van der Waals surface area contributed by atoms with E-state index in [1.807, 2.05) is 31.2 Å². The number of hydrogen-bond donors (Lipinski definition) is 3. The summed E-state index contributed by atoms with van der Waals surface area (Å²) in [6.07, 6.45) is 3.21. The van der Waals surface area contributed by atoms with Crippen LogP contribution in [0.3, 0.4) is 0 Å². The molecule has 3 N–H and O–H groups in total. The number of hydrogen-bond acceptors (Lipinski definition) is 4. The Balaban J connectivity index is 1.19. The molecule has 4 rings (SSSR count). The van der Waals surface area contributed by atoms with Crippen molar-refractivity contribution in [2.24, 2.45) is 5.92 Å². The molecule has 2 aliphatic rings. The van der Waals surface area contributed by atoms with Crippen molar-refractivity contribution in [1.82, 2.24) is 10.6 Å². The molecule has 2 aromatic rings. The van der Waals surface area contributed by atoms with Crippen molar-refractivity contribution in [1.29, 1.82) is 0 Å². The highest BCUT2D eigenvalue weighted by Gasteiger charge is 2.33. The van der Waals surface area contributed by atoms with E-state index in [-0.39, 0.29) is 30.5 Å². The van der Waals surface area contributed by atoms with E-state index in [1.54, 1.807) is 0 Å². The summed E-state index contributed by atoms with van der Waals surface area (Å²) in [7, 11) is 0. The first-order valence-electron chi connectivity index (χ1n) is 12.1. The van der Waals surface area contributed by atoms with Gasteiger partial charge in [0, 0.05) is 24.4 Å². The lowest BCUT2D eigenvalue weighted by Crippen LogP contribution is -2.40. The van der Waals surface area contributed by atoms with Crippen molar-refractivity contribution in [2.45, 2.75) is 63.5 Å². The van der Waals surface area contributed by atoms with Gasteiger partial charge in [0.25, 0.3) is 0 Å². The maximum absolute atomic E-state index is 12.4. The van der Waals surface area contributed by atoms with Crippen LogP contribution in [0.2, 0.25) is 0 Å². The Morgan fingerprint density at radius 1 is 1.03 bits per heavy atom. The molecule has 1 unspecified atom stereocenters. The van der Waals surface area contributed by atoms with Crippen LogP contribution in [-0.2, 0) is 14.3 Å². The zero-order valence-corrected chi connectivity index (χ0v) is 19.5. The summed E-state index contributed by atoms with van der Waals surface area (Å²) < 4.78 is 5.58. The fraction of sp³-hybridized carbons (Fsp3) is 0.444. The topological polar surface area (TPSA) is 105 Å². The average molecular weight is 465 g/mol. The van der Waals surface area contributed by atoms with Crippen molar-refractivity contribution < 1.29 is 24.2 Å². The largest absolute Gasteiger partial charge is 0.481 e. The Morgan fingerprint density at radius 2 is 1.68 bits per heavy atom. The second-order valence-corrected chi connectivity index (χ2v) is 9.31. The highest BCUT2D eigenvalue weighted by molar-refractivity contribution is 5.79. The van der Waals surface area contributed by atoms with Crippen LogP contribution in [0.5, 0.6) is 0 Å². The summed E-state index contributed by atoms with van der Waals surface area (Å²) in [5.41, 5.74) is 4.71. The summed E-state index contributed by atoms with van der Waals surface area (Å²) in [5, 5.41) is 14.9. The maximum Gasteiger partial charge on any atom is 0.407 e. The van der Waals surface area contributed by atoms with Crippen molar-refractivity contribution >= 4 is 18.0 Å². The molecule has 34 heavy (non-hydrogen) atoms. The van der Waals surface area contributed by atoms with Gasteiger partial charge in [-0.25, -0.2) is 4.79 Å². The van der Waals surface area contributed by atoms with Gasteiger partial charge in [0.1, 0.15) is 6.61 Å². The first-order chi connectivity index (χ1) is 16.4. The fourth-order valence-corrected chi connectivity index (χ4v) is 5.19. The number of aliphatic carboxylic acids is 1. The van der Waals surface area contributed by atoms with Crippen LogP contribution < -0.4 is 10.6 Å². The van der Waals surface area contributed by atoms with Gasteiger partial charge in [-0.05, 0) is 54.9 Å². The van der Waals surface area contributed by atoms with Gasteiger partial charge >= 0.3 is 12.1 Å². The molecule has 2 aliphatic carbocycles. The number of ether oxygens (including phenoxy) is 1. The smallest absolute Gasteiger partial charge is 0.407 e. The van der Waals surface area contributed by atoms with Crippen molar-refractivity contribution in [2.75, 3.05) is 6.61 Å². The predicted octanol–water partition coefficient (Wildman–Crippen LogP) is 4.45. The van der Waals surface area contributed by atoms with E-state index < -0.39 is 18.0 Å². The number of carbonyl (C=O) groups excluding carboxylic acids is 2. The number of carboxylic acids is 1. The lowest BCUT2D eigenvalue weighted by Gasteiger charge is -2.18. The number of alkyl carbamates (subject to hydrolysis) is 1. The van der Waals surface area contributed by atoms with Crippen LogP contribution in [-0.4, -0.2) is 41.8 Å². The molecule has 2 amide bonds. The lowest BCUT2D eigenvalue weighted by molar-refractivity contribution is -0.142. The molecule has 0 heterocycles. The second kappa shape index (κ2) is 10.7. The van der Waals surface area contributed by atoms with Crippen LogP contribution in [0.25, 0.3) is 11.1 Å². The maximum atomic E-state index is 12.4. The first-order valence-corrected chi connectivity index (χ1v) is 12.1. The number of amides is 2. The average Bonchev–Trinajstić information content (AvgIpc) is 3.40. The fourth-order valence-electron chi connectivity index (χ4n) is 5.19. The molecule has 0 aliphatic heterocycles. The van der Waals surface area contributed by atoms with Gasteiger partial charge < -0.3 is 20.5 Å². The molecule has 180 valence electrons. The number of carbonyl (C=O) groups is 3. The molecule has 1 fully saturated rings. The minimum absolute atomic E-state index is 0.0161. The molecule has 7 heteroatoms. The Morgan fingerprint density at radius 3 is 2.32 bits per heavy atom. The van der Waals surface area contributed by atoms with Crippen molar-refractivity contribution in [3.63, 3.8) is 0 Å². The SMILES string of the molecule is CC(CCCC(=O)N[C@H]1CCC[C@H]1C(=O)O)NC(=O)OCC1c2ccccc2-c2ccccc21. The van der Waals surface area contributed by atoms with Crippen LogP contribution in [0.1, 0.15) is 62.5 Å². The molecule has 1 saturated carbocycles. The third-order valence-electron chi connectivity index (χ3n) is 6.93. The molecule has 0 spiro atoms. The Labute approximate surface area is 199 Å². The van der Waals surface area contributed by atoms with E-state index in [0.717, 1.165) is 6.42 Å². The molecule has 0 saturated heterocycles. The summed E-state index contributed by atoms with van der Waals surface area (Å²) >= 11 is 0. The van der Waals surface area contributed by atoms with Crippen LogP contribution in [0.15, 0.2) is 48.5 Å². The predicted molar refractivity (Wildman–Crippen MR) is 128 cm³/mol. The lowest BCUT2D eigenvalue weighted by atomic mass is 9.98. The van der Waals surface area contributed by atoms with Gasteiger partial charge in [-0.15, -0.1) is 0 Å². The van der Waals surface area contributed by atoms with E-state index in [1.165, 1.54) is 22.3 Å². The Bertz CT molecular complexity index is 1010. The molecular weight excluding hydrogens is 432 g/mol.